The van der Waals surface area contributed by atoms with Gasteiger partial charge in [0.05, 0.1) is 0 Å². The highest BCUT2D eigenvalue weighted by Crippen LogP contribution is 2.38. The molecular weight excluding hydrogens is 263 g/mol. The molecule has 0 radical (unpaired) electrons. The van der Waals surface area contributed by atoms with Crippen LogP contribution in [0.1, 0.15) is 24.3 Å². The summed E-state index contributed by atoms with van der Waals surface area (Å²) in [5, 5.41) is 3.18. The Morgan fingerprint density at radius 2 is 1.55 bits per heavy atom. The van der Waals surface area contributed by atoms with Gasteiger partial charge in [-0.15, -0.1) is 0 Å². The Morgan fingerprint density at radius 3 is 2.20 bits per heavy atom. The normalized spacial score (nSPS) is 21.4. The van der Waals surface area contributed by atoms with Crippen molar-refractivity contribution in [2.75, 3.05) is 5.32 Å². The van der Waals surface area contributed by atoms with E-state index < -0.39 is 11.6 Å². The Bertz CT molecular complexity index is 604. The van der Waals surface area contributed by atoms with E-state index in [4.69, 9.17) is 0 Å². The summed E-state index contributed by atoms with van der Waals surface area (Å²) in [7, 11) is 0. The largest absolute Gasteiger partial charge is 0.382 e. The number of nitrogens with one attached hydrogen (secondary N) is 1. The third-order valence-corrected chi connectivity index (χ3v) is 3.77. The van der Waals surface area contributed by atoms with Gasteiger partial charge in [0.25, 0.3) is 0 Å². The fourth-order valence-electron chi connectivity index (χ4n) is 2.56. The molecule has 20 heavy (non-hydrogen) atoms. The SMILES string of the molecule is Fc1ccc(C2CC(Nc3ccc(F)c(F)c3)C2)cc1. The van der Waals surface area contributed by atoms with Gasteiger partial charge in [0.2, 0.25) is 0 Å². The first kappa shape index (κ1) is 13.0. The lowest BCUT2D eigenvalue weighted by Gasteiger charge is -2.37. The molecule has 1 aliphatic carbocycles. The second-order valence-electron chi connectivity index (χ2n) is 5.19. The first-order valence-corrected chi connectivity index (χ1v) is 6.59. The van der Waals surface area contributed by atoms with Crippen LogP contribution in [0.15, 0.2) is 42.5 Å². The smallest absolute Gasteiger partial charge is 0.160 e. The summed E-state index contributed by atoms with van der Waals surface area (Å²) in [6.07, 6.45) is 1.81. The van der Waals surface area contributed by atoms with Gasteiger partial charge in [-0.2, -0.15) is 0 Å². The van der Waals surface area contributed by atoms with Gasteiger partial charge in [-0.3, -0.25) is 0 Å². The zero-order valence-corrected chi connectivity index (χ0v) is 10.7. The maximum atomic E-state index is 13.1. The molecule has 2 aromatic rings. The molecule has 0 spiro atoms. The summed E-state index contributed by atoms with van der Waals surface area (Å²) in [4.78, 5) is 0. The molecule has 1 saturated carbocycles. The molecule has 0 bridgehead atoms. The molecule has 0 unspecified atom stereocenters. The number of rotatable bonds is 3. The van der Waals surface area contributed by atoms with Crippen LogP contribution < -0.4 is 5.32 Å². The topological polar surface area (TPSA) is 12.0 Å². The summed E-state index contributed by atoms with van der Waals surface area (Å²) in [6.45, 7) is 0. The Kier molecular flexibility index (Phi) is 3.38. The molecule has 1 nitrogen and oxygen atoms in total. The van der Waals surface area contributed by atoms with Gasteiger partial charge in [0.1, 0.15) is 5.82 Å². The summed E-state index contributed by atoms with van der Waals surface area (Å²) in [6, 6.07) is 10.6. The highest BCUT2D eigenvalue weighted by Gasteiger charge is 2.30. The van der Waals surface area contributed by atoms with Gasteiger partial charge in [-0.05, 0) is 48.6 Å². The fourth-order valence-corrected chi connectivity index (χ4v) is 2.56. The number of hydrogen-bond acceptors (Lipinski definition) is 1. The Labute approximate surface area is 115 Å². The van der Waals surface area contributed by atoms with Gasteiger partial charge >= 0.3 is 0 Å². The van der Waals surface area contributed by atoms with Crippen LogP contribution in [0.2, 0.25) is 0 Å². The third-order valence-electron chi connectivity index (χ3n) is 3.77. The predicted octanol–water partition coefficient (Wildman–Crippen LogP) is 4.46. The minimum Gasteiger partial charge on any atom is -0.382 e. The van der Waals surface area contributed by atoms with E-state index in [1.807, 2.05) is 0 Å². The van der Waals surface area contributed by atoms with Gasteiger partial charge < -0.3 is 5.32 Å². The van der Waals surface area contributed by atoms with E-state index in [0.29, 0.717) is 11.6 Å². The molecule has 2 aromatic carbocycles. The number of anilines is 1. The summed E-state index contributed by atoms with van der Waals surface area (Å²) < 4.78 is 38.7. The number of halogens is 3. The highest BCUT2D eigenvalue weighted by atomic mass is 19.2. The van der Waals surface area contributed by atoms with Crippen LogP contribution in [0.3, 0.4) is 0 Å². The standard InChI is InChI=1S/C16H14F3N/c17-12-3-1-10(2-4-12)11-7-14(8-11)20-13-5-6-15(18)16(19)9-13/h1-6,9,11,14,20H,7-8H2. The van der Waals surface area contributed by atoms with Crippen LogP contribution in [0, 0.1) is 17.5 Å². The highest BCUT2D eigenvalue weighted by molar-refractivity contribution is 5.45. The van der Waals surface area contributed by atoms with Crippen LogP contribution in [0.5, 0.6) is 0 Å². The van der Waals surface area contributed by atoms with E-state index in [1.54, 1.807) is 12.1 Å². The average molecular weight is 277 g/mol. The monoisotopic (exact) mass is 277 g/mol. The molecule has 1 fully saturated rings. The lowest BCUT2D eigenvalue weighted by molar-refractivity contribution is 0.373. The van der Waals surface area contributed by atoms with E-state index in [-0.39, 0.29) is 11.9 Å². The third kappa shape index (κ3) is 2.64. The molecule has 1 N–H and O–H groups in total. The van der Waals surface area contributed by atoms with Crippen LogP contribution in [-0.4, -0.2) is 6.04 Å². The van der Waals surface area contributed by atoms with Crippen molar-refractivity contribution in [2.24, 2.45) is 0 Å². The van der Waals surface area contributed by atoms with E-state index in [9.17, 15) is 13.2 Å². The van der Waals surface area contributed by atoms with Crippen molar-refractivity contribution in [3.63, 3.8) is 0 Å². The minimum absolute atomic E-state index is 0.232. The van der Waals surface area contributed by atoms with Crippen molar-refractivity contribution in [3.8, 4) is 0 Å². The molecule has 104 valence electrons. The van der Waals surface area contributed by atoms with E-state index in [0.717, 1.165) is 24.5 Å². The second kappa shape index (κ2) is 5.19. The number of benzene rings is 2. The molecule has 0 saturated heterocycles. The van der Waals surface area contributed by atoms with Crippen molar-refractivity contribution in [3.05, 3.63) is 65.5 Å². The molecule has 0 atom stereocenters. The van der Waals surface area contributed by atoms with Crippen molar-refractivity contribution in [2.45, 2.75) is 24.8 Å². The maximum Gasteiger partial charge on any atom is 0.160 e. The van der Waals surface area contributed by atoms with Crippen molar-refractivity contribution in [1.29, 1.82) is 0 Å². The Morgan fingerprint density at radius 1 is 0.850 bits per heavy atom. The molecule has 0 heterocycles. The molecular formula is C16H14F3N. The van der Waals surface area contributed by atoms with Gasteiger partial charge in [-0.25, -0.2) is 13.2 Å². The van der Waals surface area contributed by atoms with Crippen LogP contribution >= 0.6 is 0 Å². The summed E-state index contributed by atoms with van der Waals surface area (Å²) in [5.41, 5.74) is 1.71. The first-order valence-electron chi connectivity index (χ1n) is 6.59. The minimum atomic E-state index is -0.843. The molecule has 3 rings (SSSR count). The van der Waals surface area contributed by atoms with Gasteiger partial charge in [0, 0.05) is 17.8 Å². The maximum absolute atomic E-state index is 13.1. The van der Waals surface area contributed by atoms with E-state index >= 15 is 0 Å². The summed E-state index contributed by atoms with van der Waals surface area (Å²) in [5.74, 6) is -1.51. The van der Waals surface area contributed by atoms with Crippen molar-refractivity contribution in [1.82, 2.24) is 0 Å². The average Bonchev–Trinajstić information content (AvgIpc) is 2.39. The fraction of sp³-hybridized carbons (Fsp3) is 0.250. The van der Waals surface area contributed by atoms with E-state index in [1.165, 1.54) is 24.3 Å². The summed E-state index contributed by atoms with van der Waals surface area (Å²) >= 11 is 0. The predicted molar refractivity (Wildman–Crippen MR) is 72.1 cm³/mol. The Hall–Kier alpha value is -1.97. The quantitative estimate of drug-likeness (QED) is 0.873. The van der Waals surface area contributed by atoms with Crippen LogP contribution in [0.4, 0.5) is 18.9 Å². The molecule has 1 aliphatic rings. The molecule has 0 amide bonds. The van der Waals surface area contributed by atoms with E-state index in [2.05, 4.69) is 5.32 Å². The zero-order valence-electron chi connectivity index (χ0n) is 10.7. The lowest BCUT2D eigenvalue weighted by atomic mass is 9.76. The zero-order chi connectivity index (χ0) is 14.1. The molecule has 0 aliphatic heterocycles. The van der Waals surface area contributed by atoms with Gasteiger partial charge in [-0.1, -0.05) is 12.1 Å². The number of hydrogen-bond donors (Lipinski definition) is 1. The first-order chi connectivity index (χ1) is 9.61. The van der Waals surface area contributed by atoms with Crippen molar-refractivity contribution >= 4 is 5.69 Å². The van der Waals surface area contributed by atoms with Crippen molar-refractivity contribution < 1.29 is 13.2 Å². The molecule has 4 heteroatoms. The molecule has 0 aromatic heterocycles. The Balaban J connectivity index is 1.58. The van der Waals surface area contributed by atoms with Crippen LogP contribution in [-0.2, 0) is 0 Å². The second-order valence-corrected chi connectivity index (χ2v) is 5.19. The van der Waals surface area contributed by atoms with Gasteiger partial charge in [0.15, 0.2) is 11.6 Å². The lowest BCUT2D eigenvalue weighted by Crippen LogP contribution is -2.34. The van der Waals surface area contributed by atoms with Crippen LogP contribution in [0.25, 0.3) is 0 Å².